The highest BCUT2D eigenvalue weighted by Crippen LogP contribution is 2.21. The standard InChI is InChI=1S/C24H28ClN3O4S/c1-17(2)26-15-21-24(32-16-18-9-5-4-6-10-18)22(29)13-19(28(21)3)14-27-33(30,31)23-12-8-7-11-20(23)25/h4-13,17,26-27H,14-16H2,1-3H3. The fourth-order valence-electron chi connectivity index (χ4n) is 3.24. The van der Waals surface area contributed by atoms with Crippen LogP contribution in [0.25, 0.3) is 0 Å². The third kappa shape index (κ3) is 6.45. The van der Waals surface area contributed by atoms with Gasteiger partial charge in [-0.15, -0.1) is 0 Å². The molecule has 9 heteroatoms. The van der Waals surface area contributed by atoms with Crippen LogP contribution in [0.3, 0.4) is 0 Å². The summed E-state index contributed by atoms with van der Waals surface area (Å²) < 4.78 is 35.7. The maximum Gasteiger partial charge on any atom is 0.242 e. The van der Waals surface area contributed by atoms with E-state index in [0.29, 0.717) is 17.9 Å². The fraction of sp³-hybridized carbons (Fsp3) is 0.292. The number of rotatable bonds is 10. The quantitative estimate of drug-likeness (QED) is 0.454. The molecule has 1 aromatic heterocycles. The third-order valence-electron chi connectivity index (χ3n) is 5.09. The minimum atomic E-state index is -3.86. The number of hydrogen-bond acceptors (Lipinski definition) is 5. The maximum absolute atomic E-state index is 13.0. The summed E-state index contributed by atoms with van der Waals surface area (Å²) in [4.78, 5) is 13.0. The molecular weight excluding hydrogens is 462 g/mol. The number of benzene rings is 2. The summed E-state index contributed by atoms with van der Waals surface area (Å²) in [5.41, 5.74) is 1.78. The number of halogens is 1. The summed E-state index contributed by atoms with van der Waals surface area (Å²) >= 11 is 6.05. The van der Waals surface area contributed by atoms with Crippen molar-refractivity contribution < 1.29 is 13.2 Å². The highest BCUT2D eigenvalue weighted by Gasteiger charge is 2.20. The van der Waals surface area contributed by atoms with Gasteiger partial charge in [-0.25, -0.2) is 13.1 Å². The molecule has 0 saturated carbocycles. The van der Waals surface area contributed by atoms with Gasteiger partial charge in [0.25, 0.3) is 0 Å². The van der Waals surface area contributed by atoms with Gasteiger partial charge in [0.15, 0.2) is 5.75 Å². The van der Waals surface area contributed by atoms with Gasteiger partial charge >= 0.3 is 0 Å². The first-order chi connectivity index (χ1) is 15.7. The fourth-order valence-corrected chi connectivity index (χ4v) is 4.76. The summed E-state index contributed by atoms with van der Waals surface area (Å²) in [5.74, 6) is 0.243. The largest absolute Gasteiger partial charge is 0.483 e. The van der Waals surface area contributed by atoms with Crippen molar-refractivity contribution in [3.63, 3.8) is 0 Å². The molecule has 0 fully saturated rings. The molecule has 0 atom stereocenters. The zero-order valence-electron chi connectivity index (χ0n) is 18.8. The first-order valence-corrected chi connectivity index (χ1v) is 12.4. The molecule has 7 nitrogen and oxygen atoms in total. The minimum absolute atomic E-state index is 0.0128. The lowest BCUT2D eigenvalue weighted by Crippen LogP contribution is -2.30. The van der Waals surface area contributed by atoms with Crippen molar-refractivity contribution >= 4 is 21.6 Å². The zero-order valence-corrected chi connectivity index (χ0v) is 20.4. The Morgan fingerprint density at radius 2 is 1.70 bits per heavy atom. The molecule has 0 saturated heterocycles. The Morgan fingerprint density at radius 1 is 1.03 bits per heavy atom. The average Bonchev–Trinajstić information content (AvgIpc) is 2.78. The van der Waals surface area contributed by atoms with Crippen LogP contribution in [0.1, 0.15) is 30.8 Å². The van der Waals surface area contributed by atoms with Gasteiger partial charge in [-0.2, -0.15) is 0 Å². The van der Waals surface area contributed by atoms with Gasteiger partial charge in [0.05, 0.1) is 17.3 Å². The van der Waals surface area contributed by atoms with Crippen LogP contribution in [0, 0.1) is 0 Å². The van der Waals surface area contributed by atoms with Crippen LogP contribution in [0.5, 0.6) is 5.75 Å². The summed E-state index contributed by atoms with van der Waals surface area (Å²) in [7, 11) is -2.07. The molecule has 0 radical (unpaired) electrons. The molecule has 176 valence electrons. The Balaban J connectivity index is 1.89. The Hall–Kier alpha value is -2.65. The highest BCUT2D eigenvalue weighted by molar-refractivity contribution is 7.89. The van der Waals surface area contributed by atoms with E-state index < -0.39 is 10.0 Å². The number of aromatic nitrogens is 1. The lowest BCUT2D eigenvalue weighted by Gasteiger charge is -2.20. The number of pyridine rings is 1. The van der Waals surface area contributed by atoms with E-state index in [1.165, 1.54) is 18.2 Å². The molecule has 3 rings (SSSR count). The molecule has 33 heavy (non-hydrogen) atoms. The maximum atomic E-state index is 13.0. The Labute approximate surface area is 199 Å². The van der Waals surface area contributed by atoms with E-state index in [2.05, 4.69) is 10.0 Å². The second-order valence-corrected chi connectivity index (χ2v) is 10.0. The number of hydrogen-bond donors (Lipinski definition) is 2. The monoisotopic (exact) mass is 489 g/mol. The first kappa shape index (κ1) is 25.0. The third-order valence-corrected chi connectivity index (χ3v) is 6.99. The summed E-state index contributed by atoms with van der Waals surface area (Å²) in [6.45, 7) is 4.57. The van der Waals surface area contributed by atoms with Crippen molar-refractivity contribution in [2.75, 3.05) is 0 Å². The zero-order chi connectivity index (χ0) is 24.0. The molecule has 1 heterocycles. The van der Waals surface area contributed by atoms with Crippen molar-refractivity contribution in [2.24, 2.45) is 7.05 Å². The number of nitrogens with zero attached hydrogens (tertiary/aromatic N) is 1. The molecule has 0 aliphatic carbocycles. The number of sulfonamides is 1. The van der Waals surface area contributed by atoms with Gasteiger partial charge in [-0.3, -0.25) is 4.79 Å². The van der Waals surface area contributed by atoms with Gasteiger partial charge < -0.3 is 14.6 Å². The molecule has 0 bridgehead atoms. The summed E-state index contributed by atoms with van der Waals surface area (Å²) in [6, 6.07) is 17.4. The topological polar surface area (TPSA) is 89.4 Å². The second kappa shape index (κ2) is 11.0. The summed E-state index contributed by atoms with van der Waals surface area (Å²) in [5, 5.41) is 3.44. The van der Waals surface area contributed by atoms with E-state index in [4.69, 9.17) is 16.3 Å². The van der Waals surface area contributed by atoms with Crippen LogP contribution < -0.4 is 20.2 Å². The van der Waals surface area contributed by atoms with E-state index in [1.54, 1.807) is 23.7 Å². The average molecular weight is 490 g/mol. The van der Waals surface area contributed by atoms with Gasteiger partial charge in [0.1, 0.15) is 11.5 Å². The summed E-state index contributed by atoms with van der Waals surface area (Å²) in [6.07, 6.45) is 0. The van der Waals surface area contributed by atoms with Gasteiger partial charge in [-0.1, -0.05) is 67.9 Å². The molecule has 3 aromatic rings. The van der Waals surface area contributed by atoms with E-state index >= 15 is 0 Å². The SMILES string of the molecule is CC(C)NCc1c(OCc2ccccc2)c(=O)cc(CNS(=O)(=O)c2ccccc2Cl)n1C. The van der Waals surface area contributed by atoms with Gasteiger partial charge in [-0.05, 0) is 17.7 Å². The van der Waals surface area contributed by atoms with Gasteiger partial charge in [0.2, 0.25) is 15.5 Å². The Bertz CT molecular complexity index is 1260. The van der Waals surface area contributed by atoms with E-state index in [9.17, 15) is 13.2 Å². The molecule has 0 unspecified atom stereocenters. The van der Waals surface area contributed by atoms with E-state index in [0.717, 1.165) is 5.56 Å². The Kier molecular flexibility index (Phi) is 8.31. The second-order valence-electron chi connectivity index (χ2n) is 7.90. The van der Waals surface area contributed by atoms with Crippen LogP contribution in [0.4, 0.5) is 0 Å². The lowest BCUT2D eigenvalue weighted by molar-refractivity contribution is 0.294. The van der Waals surface area contributed by atoms with Crippen molar-refractivity contribution in [1.29, 1.82) is 0 Å². The van der Waals surface area contributed by atoms with Crippen LogP contribution in [0.15, 0.2) is 70.4 Å². The molecular formula is C24H28ClN3O4S. The Morgan fingerprint density at radius 3 is 2.36 bits per heavy atom. The van der Waals surface area contributed by atoms with Crippen LogP contribution in [-0.4, -0.2) is 19.0 Å². The van der Waals surface area contributed by atoms with Crippen LogP contribution in [0.2, 0.25) is 5.02 Å². The number of ether oxygens (including phenoxy) is 1. The number of nitrogens with one attached hydrogen (secondary N) is 2. The predicted molar refractivity (Wildman–Crippen MR) is 130 cm³/mol. The molecule has 2 aromatic carbocycles. The molecule has 0 amide bonds. The lowest BCUT2D eigenvalue weighted by atomic mass is 10.2. The highest BCUT2D eigenvalue weighted by atomic mass is 35.5. The van der Waals surface area contributed by atoms with Crippen molar-refractivity contribution in [3.8, 4) is 5.75 Å². The predicted octanol–water partition coefficient (Wildman–Crippen LogP) is 3.59. The minimum Gasteiger partial charge on any atom is -0.483 e. The first-order valence-electron chi connectivity index (χ1n) is 10.5. The van der Waals surface area contributed by atoms with E-state index in [-0.39, 0.29) is 40.3 Å². The molecule has 0 aliphatic heterocycles. The van der Waals surface area contributed by atoms with Crippen molar-refractivity contribution in [1.82, 2.24) is 14.6 Å². The van der Waals surface area contributed by atoms with E-state index in [1.807, 2.05) is 44.2 Å². The van der Waals surface area contributed by atoms with Crippen molar-refractivity contribution in [2.45, 2.75) is 44.5 Å². The van der Waals surface area contributed by atoms with Crippen LogP contribution in [-0.2, 0) is 36.8 Å². The normalized spacial score (nSPS) is 11.7. The molecule has 0 spiro atoms. The smallest absolute Gasteiger partial charge is 0.242 e. The van der Waals surface area contributed by atoms with Crippen molar-refractivity contribution in [3.05, 3.63) is 92.9 Å². The molecule has 2 N–H and O–H groups in total. The van der Waals surface area contributed by atoms with Crippen LogP contribution >= 0.6 is 11.6 Å². The van der Waals surface area contributed by atoms with Gasteiger partial charge in [0, 0.05) is 31.4 Å². The molecule has 0 aliphatic rings.